The highest BCUT2D eigenvalue weighted by atomic mass is 35.5. The van der Waals surface area contributed by atoms with Crippen LogP contribution in [0.25, 0.3) is 0 Å². The fourth-order valence-electron chi connectivity index (χ4n) is 7.94. The molecular weight excluding hydrogens is 474 g/mol. The van der Waals surface area contributed by atoms with Crippen molar-refractivity contribution in [2.45, 2.75) is 67.5 Å². The fraction of sp³-hybridized carbons (Fsp3) is 0.552. The number of likely N-dealkylation sites (tertiary alicyclic amines) is 1. The van der Waals surface area contributed by atoms with Gasteiger partial charge in [0.2, 0.25) is 0 Å². The second-order valence-corrected chi connectivity index (χ2v) is 12.2. The van der Waals surface area contributed by atoms with Crippen molar-refractivity contribution in [3.8, 4) is 5.75 Å². The molecule has 4 atom stereocenters. The van der Waals surface area contributed by atoms with E-state index in [2.05, 4.69) is 33.7 Å². The van der Waals surface area contributed by atoms with Crippen LogP contribution in [0.5, 0.6) is 5.75 Å². The van der Waals surface area contributed by atoms with E-state index in [4.69, 9.17) is 21.1 Å². The minimum absolute atomic E-state index is 0.121. The molecule has 36 heavy (non-hydrogen) atoms. The van der Waals surface area contributed by atoms with Gasteiger partial charge >= 0.3 is 6.03 Å². The molecule has 6 nitrogen and oxygen atoms in total. The van der Waals surface area contributed by atoms with Crippen molar-refractivity contribution in [3.05, 3.63) is 58.6 Å². The lowest BCUT2D eigenvalue weighted by molar-refractivity contribution is -0.261. The molecule has 0 aromatic heterocycles. The lowest BCUT2D eigenvalue weighted by atomic mass is 9.45. The maximum Gasteiger partial charge on any atom is 0.319 e. The van der Waals surface area contributed by atoms with Crippen LogP contribution >= 0.6 is 11.6 Å². The van der Waals surface area contributed by atoms with Gasteiger partial charge in [0.05, 0.1) is 24.9 Å². The smallest absolute Gasteiger partial charge is 0.319 e. The number of anilines is 1. The number of carbonyl (C=O) groups excluding carboxylic acids is 1. The molecular formula is C29H34ClN3O3. The van der Waals surface area contributed by atoms with E-state index in [0.29, 0.717) is 17.7 Å². The summed E-state index contributed by atoms with van der Waals surface area (Å²) in [6.45, 7) is 2.86. The number of ether oxygens (including phenoxy) is 2. The number of nitrogens with zero attached hydrogens (tertiary/aromatic N) is 1. The third kappa shape index (κ3) is 3.41. The van der Waals surface area contributed by atoms with Gasteiger partial charge in [-0.25, -0.2) is 4.79 Å². The molecule has 3 aliphatic carbocycles. The van der Waals surface area contributed by atoms with Gasteiger partial charge in [0, 0.05) is 28.7 Å². The molecule has 2 saturated carbocycles. The van der Waals surface area contributed by atoms with Crippen LogP contribution in [-0.4, -0.2) is 54.9 Å². The Bertz CT molecular complexity index is 1190. The second-order valence-electron chi connectivity index (χ2n) is 11.7. The minimum atomic E-state index is -0.390. The number of halogens is 1. The average Bonchev–Trinajstić information content (AvgIpc) is 3.71. The number of urea groups is 1. The monoisotopic (exact) mass is 507 g/mol. The van der Waals surface area contributed by atoms with Gasteiger partial charge in [0.1, 0.15) is 5.75 Å². The molecule has 2 N–H and O–H groups in total. The predicted octanol–water partition coefficient (Wildman–Crippen LogP) is 5.14. The minimum Gasteiger partial charge on any atom is -0.497 e. The first kappa shape index (κ1) is 22.9. The molecule has 5 fully saturated rings. The zero-order valence-electron chi connectivity index (χ0n) is 20.8. The molecule has 3 heterocycles. The van der Waals surface area contributed by atoms with Crippen molar-refractivity contribution < 1.29 is 14.3 Å². The fourth-order valence-corrected chi connectivity index (χ4v) is 8.07. The number of amides is 2. The maximum absolute atomic E-state index is 13.2. The van der Waals surface area contributed by atoms with Gasteiger partial charge in [0.15, 0.2) is 0 Å². The number of methoxy groups -OCH3 is 1. The normalized spacial score (nSPS) is 34.4. The first-order valence-electron chi connectivity index (χ1n) is 13.3. The van der Waals surface area contributed by atoms with Crippen LogP contribution < -0.4 is 15.4 Å². The Morgan fingerprint density at radius 1 is 1.17 bits per heavy atom. The third-order valence-corrected chi connectivity index (χ3v) is 10.0. The van der Waals surface area contributed by atoms with Crippen LogP contribution in [0.2, 0.25) is 5.02 Å². The molecule has 4 bridgehead atoms. The molecule has 3 aliphatic heterocycles. The van der Waals surface area contributed by atoms with E-state index in [1.807, 2.05) is 12.1 Å². The Morgan fingerprint density at radius 2 is 2.00 bits per heavy atom. The molecule has 0 unspecified atom stereocenters. The van der Waals surface area contributed by atoms with E-state index in [1.54, 1.807) is 19.2 Å². The largest absolute Gasteiger partial charge is 0.497 e. The summed E-state index contributed by atoms with van der Waals surface area (Å²) in [5, 5.41) is 7.02. The molecule has 8 rings (SSSR count). The first-order chi connectivity index (χ1) is 17.4. The van der Waals surface area contributed by atoms with Crippen molar-refractivity contribution in [1.29, 1.82) is 0 Å². The van der Waals surface area contributed by atoms with E-state index in [1.165, 1.54) is 30.5 Å². The summed E-state index contributed by atoms with van der Waals surface area (Å²) < 4.78 is 12.7. The summed E-state index contributed by atoms with van der Waals surface area (Å²) in [6, 6.07) is 14.1. The first-order valence-corrected chi connectivity index (χ1v) is 13.7. The van der Waals surface area contributed by atoms with E-state index in [9.17, 15) is 4.79 Å². The maximum atomic E-state index is 13.2. The van der Waals surface area contributed by atoms with Crippen molar-refractivity contribution in [1.82, 2.24) is 10.2 Å². The molecule has 2 aromatic carbocycles. The molecule has 2 aromatic rings. The van der Waals surface area contributed by atoms with Crippen molar-refractivity contribution >= 4 is 23.3 Å². The number of nitrogens with one attached hydrogen (secondary N) is 2. The van der Waals surface area contributed by atoms with E-state index in [-0.39, 0.29) is 22.6 Å². The quantitative estimate of drug-likeness (QED) is 0.588. The number of piperidine rings is 1. The summed E-state index contributed by atoms with van der Waals surface area (Å²) in [6.07, 6.45) is 7.63. The molecule has 3 saturated heterocycles. The van der Waals surface area contributed by atoms with Crippen LogP contribution in [0.15, 0.2) is 42.5 Å². The summed E-state index contributed by atoms with van der Waals surface area (Å²) in [5.41, 5.74) is 2.82. The van der Waals surface area contributed by atoms with E-state index in [0.717, 1.165) is 56.0 Å². The number of benzene rings is 2. The molecule has 2 amide bonds. The van der Waals surface area contributed by atoms with Crippen LogP contribution in [0.1, 0.15) is 49.7 Å². The Labute approximate surface area is 217 Å². The Kier molecular flexibility index (Phi) is 5.15. The third-order valence-electron chi connectivity index (χ3n) is 9.75. The number of carbonyl (C=O) groups is 1. The Morgan fingerprint density at radius 3 is 2.72 bits per heavy atom. The summed E-state index contributed by atoms with van der Waals surface area (Å²) in [5.74, 6) is 1.76. The lowest BCUT2D eigenvalue weighted by Gasteiger charge is -2.71. The van der Waals surface area contributed by atoms with E-state index >= 15 is 0 Å². The zero-order chi connectivity index (χ0) is 24.5. The SMILES string of the molecule is COc1ccc2c(c1)[C@]13CCN(CC4CC4)[C@H](C2)[C@]12CC[C@@](NC(=O)Nc1ccc(Cl)cc1)(CO2)C3. The van der Waals surface area contributed by atoms with Crippen LogP contribution in [0, 0.1) is 5.92 Å². The highest BCUT2D eigenvalue weighted by Crippen LogP contribution is 2.65. The Hall–Kier alpha value is -2.28. The molecule has 0 radical (unpaired) electrons. The number of hydrogen-bond donors (Lipinski definition) is 2. The second kappa shape index (κ2) is 8.11. The van der Waals surface area contributed by atoms with Crippen LogP contribution in [-0.2, 0) is 16.6 Å². The topological polar surface area (TPSA) is 62.8 Å². The van der Waals surface area contributed by atoms with Crippen molar-refractivity contribution in [2.24, 2.45) is 5.92 Å². The summed E-state index contributed by atoms with van der Waals surface area (Å²) in [4.78, 5) is 15.9. The average molecular weight is 508 g/mol. The standard InChI is InChI=1S/C29H34ClN3O3/c1-35-23-9-4-20-14-25-29-11-10-27(18-36-29,32-26(34)31-22-7-5-21(30)6-8-22)17-28(29,24(20)15-23)12-13-33(25)16-19-2-3-19/h4-9,15,19,25H,2-3,10-14,16-18H2,1H3,(H2,31,32,34)/t25-,27+,28-,29-/m1/s1. The highest BCUT2D eigenvalue weighted by molar-refractivity contribution is 6.30. The summed E-state index contributed by atoms with van der Waals surface area (Å²) >= 11 is 6.01. The highest BCUT2D eigenvalue weighted by Gasteiger charge is 2.71. The number of rotatable bonds is 5. The van der Waals surface area contributed by atoms with Crippen molar-refractivity contribution in [2.75, 3.05) is 32.1 Å². The number of fused-ring (bicyclic) bond motifs is 3. The summed E-state index contributed by atoms with van der Waals surface area (Å²) in [7, 11) is 1.74. The molecule has 6 aliphatic rings. The van der Waals surface area contributed by atoms with Crippen molar-refractivity contribution in [3.63, 3.8) is 0 Å². The molecule has 1 spiro atoms. The van der Waals surface area contributed by atoms with Gasteiger partial charge < -0.3 is 20.1 Å². The number of hydrogen-bond acceptors (Lipinski definition) is 4. The Balaban J connectivity index is 1.23. The van der Waals surface area contributed by atoms with Crippen LogP contribution in [0.3, 0.4) is 0 Å². The van der Waals surface area contributed by atoms with Gasteiger partial charge in [-0.05, 0) is 105 Å². The van der Waals surface area contributed by atoms with Gasteiger partial charge in [-0.15, -0.1) is 0 Å². The zero-order valence-corrected chi connectivity index (χ0v) is 21.6. The van der Waals surface area contributed by atoms with Gasteiger partial charge in [-0.2, -0.15) is 0 Å². The molecule has 190 valence electrons. The van der Waals surface area contributed by atoms with Gasteiger partial charge in [0.25, 0.3) is 0 Å². The van der Waals surface area contributed by atoms with E-state index < -0.39 is 0 Å². The van der Waals surface area contributed by atoms with Crippen LogP contribution in [0.4, 0.5) is 10.5 Å². The predicted molar refractivity (Wildman–Crippen MR) is 140 cm³/mol. The van der Waals surface area contributed by atoms with Gasteiger partial charge in [-0.1, -0.05) is 17.7 Å². The lowest BCUT2D eigenvalue weighted by Crippen LogP contribution is -2.81. The molecule has 7 heteroatoms. The van der Waals surface area contributed by atoms with Gasteiger partial charge in [-0.3, -0.25) is 4.90 Å².